The molecule has 1 unspecified atom stereocenters. The highest BCUT2D eigenvalue weighted by Crippen LogP contribution is 2.30. The summed E-state index contributed by atoms with van der Waals surface area (Å²) in [5.41, 5.74) is 2.65. The predicted molar refractivity (Wildman–Crippen MR) is 86.8 cm³/mol. The number of nitrogens with zero attached hydrogens (tertiary/aromatic N) is 1. The van der Waals surface area contributed by atoms with Gasteiger partial charge in [-0.2, -0.15) is 0 Å². The minimum atomic E-state index is 0.409. The van der Waals surface area contributed by atoms with E-state index in [1.807, 2.05) is 0 Å². The second kappa shape index (κ2) is 7.11. The largest absolute Gasteiger partial charge is 0.367 e. The van der Waals surface area contributed by atoms with Gasteiger partial charge in [-0.25, -0.2) is 0 Å². The van der Waals surface area contributed by atoms with Gasteiger partial charge in [0.15, 0.2) is 0 Å². The van der Waals surface area contributed by atoms with E-state index in [-0.39, 0.29) is 0 Å². The zero-order valence-corrected chi connectivity index (χ0v) is 13.4. The van der Waals surface area contributed by atoms with Crippen LogP contribution in [0, 0.1) is 0 Å². The Bertz CT molecular complexity index is 442. The quantitative estimate of drug-likeness (QED) is 0.814. The van der Waals surface area contributed by atoms with E-state index in [1.165, 1.54) is 22.1 Å². The molecule has 0 aliphatic carbocycles. The van der Waals surface area contributed by atoms with Crippen LogP contribution < -0.4 is 10.2 Å². The van der Waals surface area contributed by atoms with Crippen LogP contribution in [0.15, 0.2) is 34.8 Å². The third-order valence-electron chi connectivity index (χ3n) is 3.57. The Labute approximate surface area is 125 Å². The molecule has 0 saturated carbocycles. The summed E-state index contributed by atoms with van der Waals surface area (Å²) in [7, 11) is 0. The minimum Gasteiger partial charge on any atom is -0.367 e. The summed E-state index contributed by atoms with van der Waals surface area (Å²) >= 11 is 3.73. The van der Waals surface area contributed by atoms with Gasteiger partial charge in [0.05, 0.1) is 5.69 Å². The van der Waals surface area contributed by atoms with Gasteiger partial charge in [-0.05, 0) is 59.9 Å². The number of nitrogens with one attached hydrogen (secondary N) is 1. The lowest BCUT2D eigenvalue weighted by atomic mass is 10.1. The lowest BCUT2D eigenvalue weighted by Crippen LogP contribution is -2.27. The Morgan fingerprint density at radius 3 is 2.84 bits per heavy atom. The second-order valence-corrected chi connectivity index (χ2v) is 5.95. The van der Waals surface area contributed by atoms with E-state index in [2.05, 4.69) is 70.3 Å². The van der Waals surface area contributed by atoms with E-state index < -0.39 is 0 Å². The van der Waals surface area contributed by atoms with Crippen molar-refractivity contribution >= 4 is 21.6 Å². The third kappa shape index (κ3) is 3.83. The molecular weight excluding hydrogens is 300 g/mol. The summed E-state index contributed by atoms with van der Waals surface area (Å²) in [4.78, 5) is 2.41. The molecule has 0 amide bonds. The maximum absolute atomic E-state index is 3.73. The van der Waals surface area contributed by atoms with E-state index in [1.54, 1.807) is 0 Å². The lowest BCUT2D eigenvalue weighted by molar-refractivity contribution is 0.570. The number of benzene rings is 1. The molecule has 2 rings (SSSR count). The third-order valence-corrected chi connectivity index (χ3v) is 4.21. The van der Waals surface area contributed by atoms with Gasteiger partial charge in [0.25, 0.3) is 0 Å². The number of hydrogen-bond donors (Lipinski definition) is 1. The van der Waals surface area contributed by atoms with Crippen molar-refractivity contribution in [2.24, 2.45) is 0 Å². The molecule has 104 valence electrons. The van der Waals surface area contributed by atoms with E-state index in [0.29, 0.717) is 6.04 Å². The fraction of sp³-hybridized carbons (Fsp3) is 0.500. The first-order chi connectivity index (χ1) is 9.22. The van der Waals surface area contributed by atoms with Gasteiger partial charge < -0.3 is 10.2 Å². The summed E-state index contributed by atoms with van der Waals surface area (Å²) in [6.45, 7) is 7.61. The topological polar surface area (TPSA) is 15.3 Å². The second-order valence-electron chi connectivity index (χ2n) is 5.09. The molecular formula is C16H23BrN2. The zero-order valence-electron chi connectivity index (χ0n) is 11.8. The van der Waals surface area contributed by atoms with Crippen LogP contribution in [-0.4, -0.2) is 19.6 Å². The Kier molecular flexibility index (Phi) is 5.46. The van der Waals surface area contributed by atoms with Crippen molar-refractivity contribution in [1.29, 1.82) is 0 Å². The van der Waals surface area contributed by atoms with E-state index in [0.717, 1.165) is 26.1 Å². The van der Waals surface area contributed by atoms with Crippen LogP contribution in [-0.2, 0) is 0 Å². The first-order valence-electron chi connectivity index (χ1n) is 7.15. The molecule has 0 radical (unpaired) electrons. The molecule has 1 heterocycles. The van der Waals surface area contributed by atoms with E-state index in [9.17, 15) is 0 Å². The summed E-state index contributed by atoms with van der Waals surface area (Å²) < 4.78 is 1.20. The molecule has 2 nitrogen and oxygen atoms in total. The smallest absolute Gasteiger partial charge is 0.0513 e. The van der Waals surface area contributed by atoms with Gasteiger partial charge in [-0.3, -0.25) is 0 Å². The average molecular weight is 323 g/mol. The number of rotatable bonds is 5. The molecule has 3 heteroatoms. The first-order valence-corrected chi connectivity index (χ1v) is 7.94. The molecule has 19 heavy (non-hydrogen) atoms. The number of hydrogen-bond acceptors (Lipinski definition) is 2. The van der Waals surface area contributed by atoms with Crippen LogP contribution in [0.4, 0.5) is 5.69 Å². The fourth-order valence-corrected chi connectivity index (χ4v) is 3.03. The maximum atomic E-state index is 3.73. The van der Waals surface area contributed by atoms with E-state index in [4.69, 9.17) is 0 Å². The maximum Gasteiger partial charge on any atom is 0.0513 e. The standard InChI is InChI=1S/C16H23BrN2/c1-3-9-18-13(2)14-7-8-16(15(17)12-14)19-10-5-4-6-11-19/h4-5,7-8,12-13,18H,3,6,9-11H2,1-2H3. The molecule has 0 bridgehead atoms. The molecule has 1 aliphatic rings. The van der Waals surface area contributed by atoms with Crippen LogP contribution in [0.2, 0.25) is 0 Å². The first kappa shape index (κ1) is 14.6. The monoisotopic (exact) mass is 322 g/mol. The number of halogens is 1. The minimum absolute atomic E-state index is 0.409. The normalized spacial score (nSPS) is 16.7. The van der Waals surface area contributed by atoms with Gasteiger partial charge in [-0.15, -0.1) is 0 Å². The molecule has 1 aliphatic heterocycles. The molecule has 1 aromatic rings. The van der Waals surface area contributed by atoms with Crippen molar-refractivity contribution in [1.82, 2.24) is 5.32 Å². The molecule has 0 aromatic heterocycles. The number of anilines is 1. The van der Waals surface area contributed by atoms with Crippen molar-refractivity contribution in [3.63, 3.8) is 0 Å². The summed E-state index contributed by atoms with van der Waals surface area (Å²) in [6, 6.07) is 7.14. The molecule has 1 N–H and O–H groups in total. The zero-order chi connectivity index (χ0) is 13.7. The van der Waals surface area contributed by atoms with Crippen molar-refractivity contribution in [2.45, 2.75) is 32.7 Å². The van der Waals surface area contributed by atoms with Crippen LogP contribution in [0.1, 0.15) is 38.3 Å². The average Bonchev–Trinajstić information content (AvgIpc) is 2.45. The van der Waals surface area contributed by atoms with Crippen LogP contribution in [0.3, 0.4) is 0 Å². The SMILES string of the molecule is CCCNC(C)c1ccc(N2CC=CCC2)c(Br)c1. The molecule has 1 aromatic carbocycles. The predicted octanol–water partition coefficient (Wildman–Crippen LogP) is 4.28. The highest BCUT2D eigenvalue weighted by molar-refractivity contribution is 9.10. The van der Waals surface area contributed by atoms with Gasteiger partial charge in [0.1, 0.15) is 0 Å². The Morgan fingerprint density at radius 2 is 2.21 bits per heavy atom. The van der Waals surface area contributed by atoms with Crippen molar-refractivity contribution in [3.8, 4) is 0 Å². The van der Waals surface area contributed by atoms with E-state index >= 15 is 0 Å². The Morgan fingerprint density at radius 1 is 1.37 bits per heavy atom. The molecule has 0 spiro atoms. The summed E-state index contributed by atoms with van der Waals surface area (Å²) in [5, 5.41) is 3.53. The summed E-state index contributed by atoms with van der Waals surface area (Å²) in [6.07, 6.45) is 6.82. The Hall–Kier alpha value is -0.800. The van der Waals surface area contributed by atoms with Crippen LogP contribution >= 0.6 is 15.9 Å². The molecule has 0 saturated heterocycles. The van der Waals surface area contributed by atoms with Crippen molar-refractivity contribution < 1.29 is 0 Å². The fourth-order valence-electron chi connectivity index (χ4n) is 2.39. The van der Waals surface area contributed by atoms with Crippen LogP contribution in [0.5, 0.6) is 0 Å². The highest BCUT2D eigenvalue weighted by atomic mass is 79.9. The summed E-state index contributed by atoms with van der Waals surface area (Å²) in [5.74, 6) is 0. The molecule has 0 fully saturated rings. The Balaban J connectivity index is 2.10. The van der Waals surface area contributed by atoms with Gasteiger partial charge >= 0.3 is 0 Å². The molecule has 1 atom stereocenters. The highest BCUT2D eigenvalue weighted by Gasteiger charge is 2.12. The van der Waals surface area contributed by atoms with Gasteiger partial charge in [0.2, 0.25) is 0 Å². The van der Waals surface area contributed by atoms with Gasteiger partial charge in [-0.1, -0.05) is 25.1 Å². The van der Waals surface area contributed by atoms with Crippen LogP contribution in [0.25, 0.3) is 0 Å². The van der Waals surface area contributed by atoms with Crippen molar-refractivity contribution in [2.75, 3.05) is 24.5 Å². The van der Waals surface area contributed by atoms with Gasteiger partial charge in [0, 0.05) is 23.6 Å². The van der Waals surface area contributed by atoms with Crippen molar-refractivity contribution in [3.05, 3.63) is 40.4 Å². The lowest BCUT2D eigenvalue weighted by Gasteiger charge is -2.27.